The van der Waals surface area contributed by atoms with E-state index in [4.69, 9.17) is 0 Å². The van der Waals surface area contributed by atoms with Gasteiger partial charge in [-0.3, -0.25) is 9.59 Å². The van der Waals surface area contributed by atoms with Crippen LogP contribution in [0.25, 0.3) is 0 Å². The van der Waals surface area contributed by atoms with Gasteiger partial charge in [-0.05, 0) is 35.4 Å². The molecule has 23 heavy (non-hydrogen) atoms. The van der Waals surface area contributed by atoms with Crippen molar-refractivity contribution in [2.45, 2.75) is 32.1 Å². The molecular formula is C18H21NO3S. The first-order valence-corrected chi connectivity index (χ1v) is 8.56. The van der Waals surface area contributed by atoms with E-state index in [1.807, 2.05) is 43.5 Å². The molecule has 0 aliphatic carbocycles. The molecule has 1 atom stereocenters. The number of nitrogens with one attached hydrogen (secondary N) is 1. The van der Waals surface area contributed by atoms with Gasteiger partial charge < -0.3 is 10.4 Å². The highest BCUT2D eigenvalue weighted by molar-refractivity contribution is 7.12. The van der Waals surface area contributed by atoms with Crippen LogP contribution in [0.2, 0.25) is 0 Å². The number of amides is 1. The normalized spacial score (nSPS) is 13.3. The van der Waals surface area contributed by atoms with Gasteiger partial charge in [-0.1, -0.05) is 44.2 Å². The van der Waals surface area contributed by atoms with E-state index in [9.17, 15) is 14.7 Å². The van der Waals surface area contributed by atoms with E-state index < -0.39 is 11.4 Å². The lowest BCUT2D eigenvalue weighted by atomic mass is 9.78. The summed E-state index contributed by atoms with van der Waals surface area (Å²) in [5.41, 5.74) is 0.586. The van der Waals surface area contributed by atoms with Crippen LogP contribution < -0.4 is 5.32 Å². The Morgan fingerprint density at radius 1 is 1.17 bits per heavy atom. The van der Waals surface area contributed by atoms with E-state index in [0.717, 1.165) is 12.0 Å². The molecule has 2 rings (SSSR count). The Balaban J connectivity index is 2.23. The fraction of sp³-hybridized carbons (Fsp3) is 0.333. The van der Waals surface area contributed by atoms with Crippen LogP contribution in [0.15, 0.2) is 41.8 Å². The lowest BCUT2D eigenvalue weighted by molar-refractivity contribution is -0.143. The van der Waals surface area contributed by atoms with Gasteiger partial charge in [0.15, 0.2) is 0 Å². The van der Waals surface area contributed by atoms with Crippen molar-refractivity contribution in [3.63, 3.8) is 0 Å². The summed E-state index contributed by atoms with van der Waals surface area (Å²) in [5.74, 6) is -1.12. The van der Waals surface area contributed by atoms with Gasteiger partial charge in [-0.2, -0.15) is 0 Å². The molecule has 0 fully saturated rings. The highest BCUT2D eigenvalue weighted by Crippen LogP contribution is 2.28. The molecule has 1 amide bonds. The molecule has 2 N–H and O–H groups in total. The molecule has 0 bridgehead atoms. The lowest BCUT2D eigenvalue weighted by Gasteiger charge is -2.29. The van der Waals surface area contributed by atoms with Crippen LogP contribution >= 0.6 is 11.3 Å². The second kappa shape index (κ2) is 7.42. The quantitative estimate of drug-likeness (QED) is 0.816. The Morgan fingerprint density at radius 2 is 1.87 bits per heavy atom. The van der Waals surface area contributed by atoms with E-state index in [1.165, 1.54) is 11.3 Å². The van der Waals surface area contributed by atoms with Gasteiger partial charge in [-0.15, -0.1) is 11.3 Å². The maximum Gasteiger partial charge on any atom is 0.315 e. The number of rotatable bonds is 7. The Morgan fingerprint density at radius 3 is 2.43 bits per heavy atom. The SMILES string of the molecule is CCc1ccsc1C(=O)NCC(CC)(C(=O)O)c1ccccc1. The molecule has 1 unspecified atom stereocenters. The summed E-state index contributed by atoms with van der Waals surface area (Å²) in [6.07, 6.45) is 1.18. The number of aliphatic carboxylic acids is 1. The number of hydrogen-bond acceptors (Lipinski definition) is 3. The molecule has 0 spiro atoms. The molecule has 0 aliphatic rings. The molecule has 1 aromatic heterocycles. The average molecular weight is 331 g/mol. The standard InChI is InChI=1S/C18H21NO3S/c1-3-13-10-11-23-15(13)16(20)19-12-18(4-2,17(21)22)14-8-6-5-7-9-14/h5-11H,3-4,12H2,1-2H3,(H,19,20)(H,21,22). The van der Waals surface area contributed by atoms with Crippen molar-refractivity contribution in [1.82, 2.24) is 5.32 Å². The summed E-state index contributed by atoms with van der Waals surface area (Å²) < 4.78 is 0. The monoisotopic (exact) mass is 331 g/mol. The largest absolute Gasteiger partial charge is 0.481 e. The predicted octanol–water partition coefficient (Wildman–Crippen LogP) is 3.47. The zero-order valence-corrected chi connectivity index (χ0v) is 14.2. The summed E-state index contributed by atoms with van der Waals surface area (Å²) in [4.78, 5) is 25.0. The van der Waals surface area contributed by atoms with E-state index in [2.05, 4.69) is 5.32 Å². The van der Waals surface area contributed by atoms with E-state index in [-0.39, 0.29) is 12.5 Å². The molecule has 5 heteroatoms. The number of carbonyl (C=O) groups is 2. The molecular weight excluding hydrogens is 310 g/mol. The second-order valence-corrected chi connectivity index (χ2v) is 6.33. The zero-order chi connectivity index (χ0) is 16.9. The third-order valence-electron chi connectivity index (χ3n) is 4.22. The number of benzene rings is 1. The summed E-state index contributed by atoms with van der Waals surface area (Å²) in [6, 6.07) is 11.0. The first kappa shape index (κ1) is 17.2. The number of aryl methyl sites for hydroxylation is 1. The van der Waals surface area contributed by atoms with E-state index >= 15 is 0 Å². The maximum atomic E-state index is 12.4. The smallest absolute Gasteiger partial charge is 0.315 e. The molecule has 0 saturated heterocycles. The van der Waals surface area contributed by atoms with Crippen LogP contribution in [-0.4, -0.2) is 23.5 Å². The average Bonchev–Trinajstić information content (AvgIpc) is 3.05. The van der Waals surface area contributed by atoms with Crippen molar-refractivity contribution < 1.29 is 14.7 Å². The molecule has 2 aromatic rings. The van der Waals surface area contributed by atoms with E-state index in [1.54, 1.807) is 12.1 Å². The molecule has 1 heterocycles. The minimum Gasteiger partial charge on any atom is -0.481 e. The lowest BCUT2D eigenvalue weighted by Crippen LogP contribution is -2.46. The van der Waals surface area contributed by atoms with Crippen LogP contribution in [0.3, 0.4) is 0 Å². The minimum absolute atomic E-state index is 0.0722. The number of thiophene rings is 1. The highest BCUT2D eigenvalue weighted by Gasteiger charge is 2.39. The molecule has 122 valence electrons. The van der Waals surface area contributed by atoms with Crippen LogP contribution in [0.4, 0.5) is 0 Å². The number of carboxylic acid groups (broad SMARTS) is 1. The van der Waals surface area contributed by atoms with Crippen molar-refractivity contribution in [3.05, 3.63) is 57.8 Å². The second-order valence-electron chi connectivity index (χ2n) is 5.42. The molecule has 0 radical (unpaired) electrons. The number of carbonyl (C=O) groups excluding carboxylic acids is 1. The van der Waals surface area contributed by atoms with Gasteiger partial charge >= 0.3 is 5.97 Å². The molecule has 4 nitrogen and oxygen atoms in total. The zero-order valence-electron chi connectivity index (χ0n) is 13.3. The van der Waals surface area contributed by atoms with Crippen molar-refractivity contribution >= 4 is 23.2 Å². The maximum absolute atomic E-state index is 12.4. The fourth-order valence-electron chi connectivity index (χ4n) is 2.66. The van der Waals surface area contributed by atoms with Crippen molar-refractivity contribution in [2.24, 2.45) is 0 Å². The molecule has 1 aromatic carbocycles. The van der Waals surface area contributed by atoms with Gasteiger partial charge in [0.2, 0.25) is 0 Å². The Hall–Kier alpha value is -2.14. The number of hydrogen-bond donors (Lipinski definition) is 2. The summed E-state index contributed by atoms with van der Waals surface area (Å²) >= 11 is 1.39. The number of carboxylic acids is 1. The molecule has 0 aliphatic heterocycles. The summed E-state index contributed by atoms with van der Waals surface area (Å²) in [5, 5.41) is 14.5. The van der Waals surface area contributed by atoms with Gasteiger partial charge in [0.25, 0.3) is 5.91 Å². The van der Waals surface area contributed by atoms with Crippen LogP contribution in [-0.2, 0) is 16.6 Å². The van der Waals surface area contributed by atoms with Gasteiger partial charge in [0.05, 0.1) is 4.88 Å². The molecule has 0 saturated carbocycles. The van der Waals surface area contributed by atoms with E-state index in [0.29, 0.717) is 16.9 Å². The van der Waals surface area contributed by atoms with Crippen LogP contribution in [0, 0.1) is 0 Å². The van der Waals surface area contributed by atoms with Crippen molar-refractivity contribution in [1.29, 1.82) is 0 Å². The van der Waals surface area contributed by atoms with Crippen molar-refractivity contribution in [2.75, 3.05) is 6.54 Å². The van der Waals surface area contributed by atoms with Gasteiger partial charge in [0.1, 0.15) is 5.41 Å². The van der Waals surface area contributed by atoms with Crippen LogP contribution in [0.5, 0.6) is 0 Å². The first-order chi connectivity index (χ1) is 11.0. The fourth-order valence-corrected chi connectivity index (χ4v) is 3.57. The third kappa shape index (κ3) is 3.45. The Kier molecular flexibility index (Phi) is 5.55. The minimum atomic E-state index is -1.11. The summed E-state index contributed by atoms with van der Waals surface area (Å²) in [7, 11) is 0. The third-order valence-corrected chi connectivity index (χ3v) is 5.18. The topological polar surface area (TPSA) is 66.4 Å². The summed E-state index contributed by atoms with van der Waals surface area (Å²) in [6.45, 7) is 3.90. The van der Waals surface area contributed by atoms with Gasteiger partial charge in [0, 0.05) is 6.54 Å². The first-order valence-electron chi connectivity index (χ1n) is 7.68. The Labute approximate surface area is 140 Å². The predicted molar refractivity (Wildman–Crippen MR) is 92.1 cm³/mol. The van der Waals surface area contributed by atoms with Crippen molar-refractivity contribution in [3.8, 4) is 0 Å². The highest BCUT2D eigenvalue weighted by atomic mass is 32.1. The van der Waals surface area contributed by atoms with Gasteiger partial charge in [-0.25, -0.2) is 0 Å². The Bertz CT molecular complexity index is 681. The van der Waals surface area contributed by atoms with Crippen LogP contribution in [0.1, 0.15) is 41.1 Å².